The zero-order valence-corrected chi connectivity index (χ0v) is 18.9. The number of rotatable bonds is 8. The molecule has 0 aliphatic rings. The van der Waals surface area contributed by atoms with Gasteiger partial charge in [0.25, 0.3) is 0 Å². The number of carbonyl (C=O) groups excluding carboxylic acids is 1. The number of phenols is 1. The van der Waals surface area contributed by atoms with E-state index in [2.05, 4.69) is 34.6 Å². The zero-order valence-electron chi connectivity index (χ0n) is 18.9. The molecule has 4 rings (SSSR count). The number of nitrogens with zero attached hydrogens (tertiary/aromatic N) is 1. The van der Waals surface area contributed by atoms with Crippen LogP contribution in [0.4, 0.5) is 0 Å². The van der Waals surface area contributed by atoms with Crippen LogP contribution in [0.25, 0.3) is 23.3 Å². The predicted octanol–water partition coefficient (Wildman–Crippen LogP) is 5.49. The summed E-state index contributed by atoms with van der Waals surface area (Å²) in [5.74, 6) is 0.704. The highest BCUT2D eigenvalue weighted by molar-refractivity contribution is 5.83. The highest BCUT2D eigenvalue weighted by atomic mass is 16.5. The molecule has 4 aromatic rings. The maximum Gasteiger partial charge on any atom is 0.224 e. The normalized spacial score (nSPS) is 10.9. The number of ether oxygens (including phenoxy) is 1. The first-order chi connectivity index (χ1) is 16.6. The molecule has 1 heterocycles. The fraction of sp³-hybridized carbons (Fsp3) is 0.103. The minimum Gasteiger partial charge on any atom is -0.508 e. The number of carbonyl (C=O) groups is 1. The van der Waals surface area contributed by atoms with Crippen LogP contribution >= 0.6 is 0 Å². The van der Waals surface area contributed by atoms with Gasteiger partial charge in [-0.1, -0.05) is 78.9 Å². The van der Waals surface area contributed by atoms with Crippen LogP contribution in [0.5, 0.6) is 11.6 Å². The van der Waals surface area contributed by atoms with Gasteiger partial charge in [-0.2, -0.15) is 0 Å². The number of hydrogen-bond acceptors (Lipinski definition) is 4. The molecule has 0 unspecified atom stereocenters. The van der Waals surface area contributed by atoms with E-state index < -0.39 is 0 Å². The molecule has 0 radical (unpaired) electrons. The molecule has 170 valence electrons. The number of benzene rings is 3. The van der Waals surface area contributed by atoms with E-state index in [4.69, 9.17) is 4.74 Å². The molecule has 1 aromatic heterocycles. The average Bonchev–Trinajstić information content (AvgIpc) is 2.88. The van der Waals surface area contributed by atoms with Crippen LogP contribution in [0.2, 0.25) is 0 Å². The molecule has 0 fully saturated rings. The SMILES string of the molecule is COc1ccc(CC(=O)NCc2ccccc2-c2ccccc2/C=C/c2ccc(O)cc2)cn1. The summed E-state index contributed by atoms with van der Waals surface area (Å²) < 4.78 is 5.06. The van der Waals surface area contributed by atoms with E-state index in [1.54, 1.807) is 31.5 Å². The second-order valence-electron chi connectivity index (χ2n) is 7.83. The van der Waals surface area contributed by atoms with Crippen molar-refractivity contribution in [2.45, 2.75) is 13.0 Å². The first-order valence-corrected chi connectivity index (χ1v) is 11.0. The van der Waals surface area contributed by atoms with E-state index in [0.29, 0.717) is 12.4 Å². The van der Waals surface area contributed by atoms with Gasteiger partial charge in [-0.25, -0.2) is 4.98 Å². The molecule has 0 spiro atoms. The van der Waals surface area contributed by atoms with Crippen LogP contribution in [0.1, 0.15) is 22.3 Å². The van der Waals surface area contributed by atoms with Gasteiger partial charge < -0.3 is 15.2 Å². The second-order valence-corrected chi connectivity index (χ2v) is 7.83. The van der Waals surface area contributed by atoms with Gasteiger partial charge in [0.2, 0.25) is 11.8 Å². The number of pyridine rings is 1. The summed E-state index contributed by atoms with van der Waals surface area (Å²) in [6.45, 7) is 0.425. The van der Waals surface area contributed by atoms with E-state index in [0.717, 1.165) is 33.4 Å². The number of nitrogens with one attached hydrogen (secondary N) is 1. The van der Waals surface area contributed by atoms with E-state index in [1.165, 1.54) is 0 Å². The van der Waals surface area contributed by atoms with Gasteiger partial charge in [-0.05, 0) is 45.5 Å². The predicted molar refractivity (Wildman–Crippen MR) is 135 cm³/mol. The van der Waals surface area contributed by atoms with Gasteiger partial charge in [0, 0.05) is 18.8 Å². The molecule has 0 atom stereocenters. The van der Waals surface area contributed by atoms with Gasteiger partial charge in [0.1, 0.15) is 5.75 Å². The van der Waals surface area contributed by atoms with Crippen LogP contribution in [0.3, 0.4) is 0 Å². The third-order valence-corrected chi connectivity index (χ3v) is 5.46. The molecule has 5 heteroatoms. The molecular weight excluding hydrogens is 424 g/mol. The molecule has 3 aromatic carbocycles. The van der Waals surface area contributed by atoms with Crippen molar-refractivity contribution in [2.75, 3.05) is 7.11 Å². The summed E-state index contributed by atoms with van der Waals surface area (Å²) >= 11 is 0. The molecule has 5 nitrogen and oxygen atoms in total. The number of aromatic hydroxyl groups is 1. The fourth-order valence-corrected chi connectivity index (χ4v) is 3.67. The van der Waals surface area contributed by atoms with E-state index in [-0.39, 0.29) is 18.1 Å². The van der Waals surface area contributed by atoms with Gasteiger partial charge in [0.15, 0.2) is 0 Å². The molecule has 1 amide bonds. The van der Waals surface area contributed by atoms with Crippen molar-refractivity contribution in [1.29, 1.82) is 0 Å². The van der Waals surface area contributed by atoms with Gasteiger partial charge in [-0.3, -0.25) is 4.79 Å². The standard InChI is InChI=1S/C29H26N2O3/c1-34-29-17-13-22(19-31-29)18-28(33)30-20-24-7-3-5-9-27(24)26-8-4-2-6-23(26)14-10-21-11-15-25(32)16-12-21/h2-17,19,32H,18,20H2,1H3,(H,30,33)/b14-10+. The molecule has 34 heavy (non-hydrogen) atoms. The van der Waals surface area contributed by atoms with Crippen molar-refractivity contribution < 1.29 is 14.6 Å². The Labute approximate surface area is 199 Å². The maximum absolute atomic E-state index is 12.5. The number of amides is 1. The first-order valence-electron chi connectivity index (χ1n) is 11.0. The molecule has 2 N–H and O–H groups in total. The average molecular weight is 451 g/mol. The molecule has 0 saturated heterocycles. The fourth-order valence-electron chi connectivity index (χ4n) is 3.67. The van der Waals surface area contributed by atoms with E-state index >= 15 is 0 Å². The van der Waals surface area contributed by atoms with Crippen molar-refractivity contribution in [2.24, 2.45) is 0 Å². The highest BCUT2D eigenvalue weighted by Gasteiger charge is 2.10. The molecule has 0 aliphatic heterocycles. The van der Waals surface area contributed by atoms with Gasteiger partial charge >= 0.3 is 0 Å². The Balaban J connectivity index is 1.50. The van der Waals surface area contributed by atoms with E-state index in [9.17, 15) is 9.90 Å². The van der Waals surface area contributed by atoms with Crippen LogP contribution < -0.4 is 10.1 Å². The lowest BCUT2D eigenvalue weighted by molar-refractivity contribution is -0.120. The smallest absolute Gasteiger partial charge is 0.224 e. The van der Waals surface area contributed by atoms with Crippen LogP contribution in [-0.2, 0) is 17.8 Å². The lowest BCUT2D eigenvalue weighted by Crippen LogP contribution is -2.24. The van der Waals surface area contributed by atoms with Crippen molar-refractivity contribution >= 4 is 18.1 Å². The number of hydrogen-bond donors (Lipinski definition) is 2. The number of methoxy groups -OCH3 is 1. The largest absolute Gasteiger partial charge is 0.508 e. The third-order valence-electron chi connectivity index (χ3n) is 5.46. The second kappa shape index (κ2) is 11.0. The quantitative estimate of drug-likeness (QED) is 0.348. The molecule has 0 bridgehead atoms. The number of aromatic nitrogens is 1. The van der Waals surface area contributed by atoms with Crippen LogP contribution in [0.15, 0.2) is 91.1 Å². The summed E-state index contributed by atoms with van der Waals surface area (Å²) in [7, 11) is 1.56. The Kier molecular flexibility index (Phi) is 7.35. The van der Waals surface area contributed by atoms with Gasteiger partial charge in [0.05, 0.1) is 13.5 Å². The van der Waals surface area contributed by atoms with Crippen LogP contribution in [-0.4, -0.2) is 23.1 Å². The Hall–Kier alpha value is -4.38. The molecular formula is C29H26N2O3. The minimum atomic E-state index is -0.0673. The van der Waals surface area contributed by atoms with Crippen LogP contribution in [0, 0.1) is 0 Å². The first kappa shape index (κ1) is 22.8. The summed E-state index contributed by atoms with van der Waals surface area (Å²) in [5.41, 5.74) is 6.09. The Morgan fingerprint density at radius 3 is 2.38 bits per heavy atom. The summed E-state index contributed by atoms with van der Waals surface area (Å²) in [4.78, 5) is 16.7. The Bertz CT molecular complexity index is 1280. The van der Waals surface area contributed by atoms with Crippen molar-refractivity contribution in [3.05, 3.63) is 113 Å². The summed E-state index contributed by atoms with van der Waals surface area (Å²) in [6, 6.07) is 26.9. The third kappa shape index (κ3) is 5.90. The molecule has 0 saturated carbocycles. The monoisotopic (exact) mass is 450 g/mol. The number of phenolic OH excluding ortho intramolecular Hbond substituents is 1. The van der Waals surface area contributed by atoms with Crippen molar-refractivity contribution in [1.82, 2.24) is 10.3 Å². The minimum absolute atomic E-state index is 0.0673. The van der Waals surface area contributed by atoms with Gasteiger partial charge in [-0.15, -0.1) is 0 Å². The van der Waals surface area contributed by atoms with E-state index in [1.807, 2.05) is 54.6 Å². The zero-order chi connectivity index (χ0) is 23.8. The Morgan fingerprint density at radius 2 is 1.65 bits per heavy atom. The highest BCUT2D eigenvalue weighted by Crippen LogP contribution is 2.28. The lowest BCUT2D eigenvalue weighted by Gasteiger charge is -2.13. The summed E-state index contributed by atoms with van der Waals surface area (Å²) in [5, 5.41) is 12.5. The molecule has 0 aliphatic carbocycles. The van der Waals surface area contributed by atoms with Crippen molar-refractivity contribution in [3.8, 4) is 22.8 Å². The van der Waals surface area contributed by atoms with Crippen molar-refractivity contribution in [3.63, 3.8) is 0 Å². The summed E-state index contributed by atoms with van der Waals surface area (Å²) in [6.07, 6.45) is 5.99. The maximum atomic E-state index is 12.5. The topological polar surface area (TPSA) is 71.5 Å². The lowest BCUT2D eigenvalue weighted by atomic mass is 9.94. The Morgan fingerprint density at radius 1 is 0.912 bits per heavy atom.